The lowest BCUT2D eigenvalue weighted by Crippen LogP contribution is -2.52. The van der Waals surface area contributed by atoms with E-state index in [1.165, 1.54) is 0 Å². The molecule has 1 amide bonds. The number of carbonyl (C=O) groups is 1. The summed E-state index contributed by atoms with van der Waals surface area (Å²) in [5, 5.41) is 2.95. The first-order valence-electron chi connectivity index (χ1n) is 6.18. The van der Waals surface area contributed by atoms with Gasteiger partial charge >= 0.3 is 0 Å². The third kappa shape index (κ3) is 4.97. The Balaban J connectivity index is 4.17. The molecule has 0 radical (unpaired) electrons. The van der Waals surface area contributed by atoms with E-state index in [4.69, 9.17) is 5.73 Å². The van der Waals surface area contributed by atoms with Crippen LogP contribution in [0.2, 0.25) is 0 Å². The maximum Gasteiger partial charge on any atom is 0.239 e. The van der Waals surface area contributed by atoms with E-state index in [0.29, 0.717) is 12.5 Å². The molecule has 0 aliphatic rings. The first kappa shape index (κ1) is 15.4. The zero-order chi connectivity index (χ0) is 13.0. The summed E-state index contributed by atoms with van der Waals surface area (Å²) in [4.78, 5) is 11.9. The van der Waals surface area contributed by atoms with Gasteiger partial charge in [0.15, 0.2) is 0 Å². The van der Waals surface area contributed by atoms with Gasteiger partial charge in [-0.2, -0.15) is 0 Å². The Morgan fingerprint density at radius 2 is 1.81 bits per heavy atom. The highest BCUT2D eigenvalue weighted by molar-refractivity contribution is 5.85. The zero-order valence-electron chi connectivity index (χ0n) is 11.7. The molecule has 96 valence electrons. The number of nitrogens with two attached hydrogens (primary N) is 1. The van der Waals surface area contributed by atoms with E-state index in [9.17, 15) is 4.79 Å². The van der Waals surface area contributed by atoms with Crippen molar-refractivity contribution < 1.29 is 4.79 Å². The highest BCUT2D eigenvalue weighted by Gasteiger charge is 2.28. The Morgan fingerprint density at radius 1 is 1.31 bits per heavy atom. The maximum atomic E-state index is 11.9. The molecule has 0 aromatic rings. The van der Waals surface area contributed by atoms with Gasteiger partial charge in [0.25, 0.3) is 0 Å². The van der Waals surface area contributed by atoms with Crippen LogP contribution >= 0.6 is 0 Å². The quantitative estimate of drug-likeness (QED) is 0.758. The first-order valence-corrected chi connectivity index (χ1v) is 6.18. The van der Waals surface area contributed by atoms with Gasteiger partial charge in [0.1, 0.15) is 0 Å². The number of amides is 1. The molecule has 0 spiro atoms. The minimum atomic E-state index is -0.730. The molecule has 0 rings (SSSR count). The number of carbonyl (C=O) groups excluding carboxylic acids is 1. The molecule has 3 heteroatoms. The molecule has 2 atom stereocenters. The van der Waals surface area contributed by atoms with Crippen LogP contribution in [0.4, 0.5) is 0 Å². The van der Waals surface area contributed by atoms with Crippen LogP contribution in [0.15, 0.2) is 0 Å². The highest BCUT2D eigenvalue weighted by Crippen LogP contribution is 2.24. The Labute approximate surface area is 100 Å². The lowest BCUT2D eigenvalue weighted by molar-refractivity contribution is -0.126. The van der Waals surface area contributed by atoms with Crippen molar-refractivity contribution in [2.24, 2.45) is 17.1 Å². The standard InChI is InChI=1S/C13H28N2O/c1-7-8-13(6,14)11(16)15-9-10(2)12(3,4)5/h10H,7-9,14H2,1-6H3,(H,15,16). The third-order valence-electron chi connectivity index (χ3n) is 3.34. The third-order valence-corrected chi connectivity index (χ3v) is 3.34. The van der Waals surface area contributed by atoms with E-state index >= 15 is 0 Å². The molecule has 3 N–H and O–H groups in total. The van der Waals surface area contributed by atoms with Crippen molar-refractivity contribution in [3.8, 4) is 0 Å². The molecule has 0 bridgehead atoms. The minimum absolute atomic E-state index is 0.0366. The molecule has 0 heterocycles. The van der Waals surface area contributed by atoms with Crippen molar-refractivity contribution in [2.45, 2.75) is 59.9 Å². The van der Waals surface area contributed by atoms with Gasteiger partial charge in [0, 0.05) is 6.54 Å². The Kier molecular flexibility index (Phi) is 5.47. The fourth-order valence-electron chi connectivity index (χ4n) is 1.39. The van der Waals surface area contributed by atoms with Gasteiger partial charge in [-0.15, -0.1) is 0 Å². The summed E-state index contributed by atoms with van der Waals surface area (Å²) in [6.45, 7) is 13.2. The summed E-state index contributed by atoms with van der Waals surface area (Å²) in [6.07, 6.45) is 1.65. The van der Waals surface area contributed by atoms with Gasteiger partial charge in [-0.3, -0.25) is 4.79 Å². The van der Waals surface area contributed by atoms with Crippen molar-refractivity contribution in [3.63, 3.8) is 0 Å². The normalized spacial score (nSPS) is 17.7. The number of hydrogen-bond acceptors (Lipinski definition) is 2. The summed E-state index contributed by atoms with van der Waals surface area (Å²) < 4.78 is 0. The van der Waals surface area contributed by atoms with Crippen LogP contribution < -0.4 is 11.1 Å². The van der Waals surface area contributed by atoms with Crippen LogP contribution in [0.1, 0.15) is 54.4 Å². The Bertz CT molecular complexity index is 229. The van der Waals surface area contributed by atoms with Crippen molar-refractivity contribution in [2.75, 3.05) is 6.54 Å². The molecule has 0 saturated carbocycles. The first-order chi connectivity index (χ1) is 7.11. The monoisotopic (exact) mass is 228 g/mol. The number of nitrogens with one attached hydrogen (secondary N) is 1. The van der Waals surface area contributed by atoms with Crippen LogP contribution in [-0.4, -0.2) is 18.0 Å². The molecule has 2 unspecified atom stereocenters. The second kappa shape index (κ2) is 5.67. The lowest BCUT2D eigenvalue weighted by atomic mass is 9.82. The maximum absolute atomic E-state index is 11.9. The Morgan fingerprint density at radius 3 is 2.19 bits per heavy atom. The van der Waals surface area contributed by atoms with Crippen LogP contribution in [0.5, 0.6) is 0 Å². The van der Waals surface area contributed by atoms with E-state index in [-0.39, 0.29) is 11.3 Å². The second-order valence-corrected chi connectivity index (χ2v) is 6.14. The van der Waals surface area contributed by atoms with Gasteiger partial charge in [0.05, 0.1) is 5.54 Å². The summed E-state index contributed by atoms with van der Waals surface area (Å²) in [7, 11) is 0. The summed E-state index contributed by atoms with van der Waals surface area (Å²) in [5.41, 5.74) is 5.44. The summed E-state index contributed by atoms with van der Waals surface area (Å²) in [5.74, 6) is 0.402. The molecule has 0 aromatic carbocycles. The van der Waals surface area contributed by atoms with Crippen LogP contribution in [0, 0.1) is 11.3 Å². The summed E-state index contributed by atoms with van der Waals surface area (Å²) in [6, 6.07) is 0. The molecular formula is C13H28N2O. The second-order valence-electron chi connectivity index (χ2n) is 6.14. The molecule has 3 nitrogen and oxygen atoms in total. The molecule has 16 heavy (non-hydrogen) atoms. The van der Waals surface area contributed by atoms with E-state index in [1.54, 1.807) is 6.92 Å². The SMILES string of the molecule is CCCC(C)(N)C(=O)NCC(C)C(C)(C)C. The predicted octanol–water partition coefficient (Wildman–Crippen LogP) is 2.30. The van der Waals surface area contributed by atoms with Crippen molar-refractivity contribution in [1.29, 1.82) is 0 Å². The Hall–Kier alpha value is -0.570. The van der Waals surface area contributed by atoms with E-state index in [1.807, 2.05) is 6.92 Å². The van der Waals surface area contributed by atoms with Crippen LogP contribution in [0.25, 0.3) is 0 Å². The van der Waals surface area contributed by atoms with Crippen molar-refractivity contribution in [3.05, 3.63) is 0 Å². The number of hydrogen-bond donors (Lipinski definition) is 2. The number of rotatable bonds is 5. The zero-order valence-corrected chi connectivity index (χ0v) is 11.7. The van der Waals surface area contributed by atoms with Crippen molar-refractivity contribution in [1.82, 2.24) is 5.32 Å². The van der Waals surface area contributed by atoms with Gasteiger partial charge < -0.3 is 11.1 Å². The lowest BCUT2D eigenvalue weighted by Gasteiger charge is -2.29. The fraction of sp³-hybridized carbons (Fsp3) is 0.923. The molecule has 0 aliphatic heterocycles. The van der Waals surface area contributed by atoms with E-state index in [0.717, 1.165) is 12.8 Å². The molecule has 0 fully saturated rings. The average molecular weight is 228 g/mol. The van der Waals surface area contributed by atoms with Crippen molar-refractivity contribution >= 4 is 5.91 Å². The molecule has 0 saturated heterocycles. The largest absolute Gasteiger partial charge is 0.354 e. The average Bonchev–Trinajstić information content (AvgIpc) is 2.11. The molecule has 0 aromatic heterocycles. The van der Waals surface area contributed by atoms with Gasteiger partial charge in [0.2, 0.25) is 5.91 Å². The predicted molar refractivity (Wildman–Crippen MR) is 69.1 cm³/mol. The highest BCUT2D eigenvalue weighted by atomic mass is 16.2. The van der Waals surface area contributed by atoms with Gasteiger partial charge in [-0.1, -0.05) is 41.0 Å². The molecule has 0 aliphatic carbocycles. The molecular weight excluding hydrogens is 200 g/mol. The summed E-state index contributed by atoms with van der Waals surface area (Å²) >= 11 is 0. The van der Waals surface area contributed by atoms with E-state index < -0.39 is 5.54 Å². The minimum Gasteiger partial charge on any atom is -0.354 e. The van der Waals surface area contributed by atoms with Gasteiger partial charge in [-0.25, -0.2) is 0 Å². The smallest absolute Gasteiger partial charge is 0.239 e. The van der Waals surface area contributed by atoms with Gasteiger partial charge in [-0.05, 0) is 24.7 Å². The van der Waals surface area contributed by atoms with E-state index in [2.05, 4.69) is 33.0 Å². The van der Waals surface area contributed by atoms with Crippen LogP contribution in [0.3, 0.4) is 0 Å². The fourth-order valence-corrected chi connectivity index (χ4v) is 1.39. The topological polar surface area (TPSA) is 55.1 Å². The van der Waals surface area contributed by atoms with Crippen LogP contribution in [-0.2, 0) is 4.79 Å².